The van der Waals surface area contributed by atoms with Crippen LogP contribution in [0.25, 0.3) is 0 Å². The van der Waals surface area contributed by atoms with Crippen molar-refractivity contribution in [3.63, 3.8) is 0 Å². The van der Waals surface area contributed by atoms with E-state index in [0.29, 0.717) is 0 Å². The van der Waals surface area contributed by atoms with Crippen LogP contribution < -0.4 is 11.5 Å². The zero-order chi connectivity index (χ0) is 13.2. The fraction of sp³-hybridized carbons (Fsp3) is 0.364. The van der Waals surface area contributed by atoms with Gasteiger partial charge < -0.3 is 11.5 Å². The number of Topliss-reactive ketones (excluding diaryl/α,β-unsaturated/α-hetero) is 1. The quantitative estimate of drug-likeness (QED) is 0.634. The van der Waals surface area contributed by atoms with Crippen molar-refractivity contribution in [1.82, 2.24) is 0 Å². The van der Waals surface area contributed by atoms with Gasteiger partial charge in [-0.3, -0.25) is 4.79 Å². The third-order valence-corrected chi connectivity index (χ3v) is 2.19. The fourth-order valence-corrected chi connectivity index (χ4v) is 1.38. The van der Waals surface area contributed by atoms with Gasteiger partial charge in [0.1, 0.15) is 0 Å². The van der Waals surface area contributed by atoms with E-state index in [1.807, 2.05) is 0 Å². The van der Waals surface area contributed by atoms with Crippen LogP contribution in [0.2, 0.25) is 0 Å². The molecule has 3 nitrogen and oxygen atoms in total. The van der Waals surface area contributed by atoms with Crippen LogP contribution in [0.15, 0.2) is 18.2 Å². The van der Waals surface area contributed by atoms with Gasteiger partial charge in [0.2, 0.25) is 0 Å². The lowest BCUT2D eigenvalue weighted by Crippen LogP contribution is -2.20. The van der Waals surface area contributed by atoms with Crippen LogP contribution in [0.5, 0.6) is 0 Å². The number of rotatable bonds is 3. The number of halogens is 3. The first-order chi connectivity index (χ1) is 7.71. The molecule has 0 amide bonds. The van der Waals surface area contributed by atoms with Gasteiger partial charge in [-0.2, -0.15) is 13.2 Å². The molecule has 1 atom stereocenters. The Kier molecular flexibility index (Phi) is 3.77. The molecule has 1 aromatic carbocycles. The van der Waals surface area contributed by atoms with Crippen molar-refractivity contribution >= 4 is 11.5 Å². The SMILES string of the molecule is CC(N)CC(=O)c1cc(C(F)(F)F)ccc1N. The molecule has 0 aliphatic rings. The van der Waals surface area contributed by atoms with Gasteiger partial charge in [-0.25, -0.2) is 0 Å². The van der Waals surface area contributed by atoms with Gasteiger partial charge in [0.15, 0.2) is 5.78 Å². The molecule has 0 bridgehead atoms. The third kappa shape index (κ3) is 3.45. The maximum atomic E-state index is 12.4. The maximum Gasteiger partial charge on any atom is 0.416 e. The predicted molar refractivity (Wildman–Crippen MR) is 58.5 cm³/mol. The van der Waals surface area contributed by atoms with E-state index in [9.17, 15) is 18.0 Å². The molecule has 17 heavy (non-hydrogen) atoms. The lowest BCUT2D eigenvalue weighted by molar-refractivity contribution is -0.137. The molecule has 0 aromatic heterocycles. The number of hydrogen-bond acceptors (Lipinski definition) is 3. The van der Waals surface area contributed by atoms with E-state index in [0.717, 1.165) is 18.2 Å². The number of carbonyl (C=O) groups is 1. The summed E-state index contributed by atoms with van der Waals surface area (Å²) in [5.41, 5.74) is 9.92. The lowest BCUT2D eigenvalue weighted by Gasteiger charge is -2.11. The molecule has 0 saturated heterocycles. The normalized spacial score (nSPS) is 13.5. The summed E-state index contributed by atoms with van der Waals surface area (Å²) in [4.78, 5) is 11.6. The number of ketones is 1. The molecule has 0 aliphatic heterocycles. The minimum atomic E-state index is -4.49. The van der Waals surface area contributed by atoms with Gasteiger partial charge in [0.25, 0.3) is 0 Å². The Hall–Kier alpha value is -1.56. The molecular weight excluding hydrogens is 233 g/mol. The second kappa shape index (κ2) is 4.75. The summed E-state index contributed by atoms with van der Waals surface area (Å²) in [7, 11) is 0. The van der Waals surface area contributed by atoms with Crippen molar-refractivity contribution < 1.29 is 18.0 Å². The topological polar surface area (TPSA) is 69.1 Å². The van der Waals surface area contributed by atoms with Gasteiger partial charge in [-0.1, -0.05) is 0 Å². The van der Waals surface area contributed by atoms with Crippen LogP contribution in [0.4, 0.5) is 18.9 Å². The summed E-state index contributed by atoms with van der Waals surface area (Å²) < 4.78 is 37.3. The molecule has 0 fully saturated rings. The first-order valence-corrected chi connectivity index (χ1v) is 4.97. The Labute approximate surface area is 96.6 Å². The number of nitrogen functional groups attached to an aromatic ring is 1. The van der Waals surface area contributed by atoms with Crippen molar-refractivity contribution in [2.24, 2.45) is 5.73 Å². The molecule has 4 N–H and O–H groups in total. The van der Waals surface area contributed by atoms with Gasteiger partial charge in [0, 0.05) is 23.7 Å². The summed E-state index contributed by atoms with van der Waals surface area (Å²) in [6.45, 7) is 1.60. The van der Waals surface area contributed by atoms with Gasteiger partial charge >= 0.3 is 6.18 Å². The highest BCUT2D eigenvalue weighted by Gasteiger charge is 2.31. The molecule has 94 valence electrons. The molecule has 0 saturated carbocycles. The first-order valence-electron chi connectivity index (χ1n) is 4.97. The largest absolute Gasteiger partial charge is 0.416 e. The molecule has 0 spiro atoms. The number of anilines is 1. The zero-order valence-corrected chi connectivity index (χ0v) is 9.21. The smallest absolute Gasteiger partial charge is 0.398 e. The van der Waals surface area contributed by atoms with Crippen molar-refractivity contribution in [2.45, 2.75) is 25.6 Å². The Morgan fingerprint density at radius 2 is 2.00 bits per heavy atom. The summed E-state index contributed by atoms with van der Waals surface area (Å²) in [5.74, 6) is -0.483. The Morgan fingerprint density at radius 1 is 1.41 bits per heavy atom. The molecular formula is C11H13F3N2O. The summed E-state index contributed by atoms with van der Waals surface area (Å²) >= 11 is 0. The van der Waals surface area contributed by atoms with Gasteiger partial charge in [0.05, 0.1) is 5.56 Å². The number of benzene rings is 1. The molecule has 6 heteroatoms. The Morgan fingerprint density at radius 3 is 2.47 bits per heavy atom. The molecule has 0 heterocycles. The standard InChI is InChI=1S/C11H13F3N2O/c1-6(15)4-10(17)8-5-7(11(12,13)14)2-3-9(8)16/h2-3,5-6H,4,15-16H2,1H3. The highest BCUT2D eigenvalue weighted by molar-refractivity contribution is 6.01. The summed E-state index contributed by atoms with van der Waals surface area (Å²) in [6.07, 6.45) is -4.53. The number of alkyl halides is 3. The van der Waals surface area contributed by atoms with E-state index in [1.54, 1.807) is 6.92 Å². The number of carbonyl (C=O) groups excluding carboxylic acids is 1. The molecule has 1 rings (SSSR count). The molecule has 0 aliphatic carbocycles. The van der Waals surface area contributed by atoms with Crippen LogP contribution in [0.1, 0.15) is 29.3 Å². The monoisotopic (exact) mass is 246 g/mol. The summed E-state index contributed by atoms with van der Waals surface area (Å²) in [6, 6.07) is 2.27. The average Bonchev–Trinajstić information content (AvgIpc) is 2.15. The molecule has 1 aromatic rings. The van der Waals surface area contributed by atoms with Crippen LogP contribution >= 0.6 is 0 Å². The first kappa shape index (κ1) is 13.5. The Bertz CT molecular complexity index is 427. The van der Waals surface area contributed by atoms with Crippen molar-refractivity contribution in [3.8, 4) is 0 Å². The molecule has 0 radical (unpaired) electrons. The van der Waals surface area contributed by atoms with Crippen LogP contribution in [-0.4, -0.2) is 11.8 Å². The lowest BCUT2D eigenvalue weighted by atomic mass is 10.0. The maximum absolute atomic E-state index is 12.4. The highest BCUT2D eigenvalue weighted by atomic mass is 19.4. The van der Waals surface area contributed by atoms with E-state index in [4.69, 9.17) is 11.5 Å². The van der Waals surface area contributed by atoms with E-state index in [1.165, 1.54) is 0 Å². The van der Waals surface area contributed by atoms with E-state index in [2.05, 4.69) is 0 Å². The predicted octanol–water partition coefficient (Wildman–Crippen LogP) is 2.21. The molecule has 1 unspecified atom stereocenters. The van der Waals surface area contributed by atoms with Gasteiger partial charge in [-0.15, -0.1) is 0 Å². The van der Waals surface area contributed by atoms with Crippen molar-refractivity contribution in [3.05, 3.63) is 29.3 Å². The van der Waals surface area contributed by atoms with E-state index < -0.39 is 23.6 Å². The summed E-state index contributed by atoms with van der Waals surface area (Å²) in [5, 5.41) is 0. The number of hydrogen-bond donors (Lipinski definition) is 2. The van der Waals surface area contributed by atoms with E-state index in [-0.39, 0.29) is 17.7 Å². The second-order valence-corrected chi connectivity index (χ2v) is 3.90. The Balaban J connectivity index is 3.11. The van der Waals surface area contributed by atoms with Crippen LogP contribution in [0, 0.1) is 0 Å². The minimum Gasteiger partial charge on any atom is -0.398 e. The van der Waals surface area contributed by atoms with Crippen LogP contribution in [-0.2, 0) is 6.18 Å². The zero-order valence-electron chi connectivity index (χ0n) is 9.21. The van der Waals surface area contributed by atoms with E-state index >= 15 is 0 Å². The highest BCUT2D eigenvalue weighted by Crippen LogP contribution is 2.31. The third-order valence-electron chi connectivity index (χ3n) is 2.19. The average molecular weight is 246 g/mol. The second-order valence-electron chi connectivity index (χ2n) is 3.90. The van der Waals surface area contributed by atoms with Gasteiger partial charge in [-0.05, 0) is 25.1 Å². The van der Waals surface area contributed by atoms with Crippen molar-refractivity contribution in [2.75, 3.05) is 5.73 Å². The van der Waals surface area contributed by atoms with Crippen molar-refractivity contribution in [1.29, 1.82) is 0 Å². The van der Waals surface area contributed by atoms with Crippen LogP contribution in [0.3, 0.4) is 0 Å². The fourth-order valence-electron chi connectivity index (χ4n) is 1.38. The minimum absolute atomic E-state index is 0.0312. The number of nitrogens with two attached hydrogens (primary N) is 2.